The number of amides is 1. The van der Waals surface area contributed by atoms with Gasteiger partial charge in [-0.05, 0) is 18.9 Å². The zero-order valence-corrected chi connectivity index (χ0v) is 15.7. The van der Waals surface area contributed by atoms with Crippen molar-refractivity contribution in [2.24, 2.45) is 0 Å². The number of aliphatic hydroxyl groups is 2. The van der Waals surface area contributed by atoms with E-state index in [9.17, 15) is 4.79 Å². The Kier molecular flexibility index (Phi) is 17.8. The zero-order chi connectivity index (χ0) is 17.9. The van der Waals surface area contributed by atoms with Gasteiger partial charge in [0.2, 0.25) is 5.91 Å². The van der Waals surface area contributed by atoms with Crippen molar-refractivity contribution in [3.8, 4) is 0 Å². The van der Waals surface area contributed by atoms with Crippen LogP contribution in [0.2, 0.25) is 0 Å². The van der Waals surface area contributed by atoms with Crippen molar-refractivity contribution in [2.75, 3.05) is 26.3 Å². The Labute approximate surface area is 148 Å². The Bertz CT molecular complexity index is 299. The maximum absolute atomic E-state index is 11.8. The summed E-state index contributed by atoms with van der Waals surface area (Å²) in [5.74, 6) is -0.124. The second-order valence-corrected chi connectivity index (χ2v) is 6.50. The number of aliphatic hydroxyl groups excluding tert-OH is 2. The fraction of sp³-hybridized carbons (Fsp3) is 0.850. The fourth-order valence-corrected chi connectivity index (χ4v) is 2.79. The Balaban J connectivity index is 3.46. The first-order chi connectivity index (χ1) is 11.8. The van der Waals surface area contributed by atoms with Gasteiger partial charge in [0.1, 0.15) is 0 Å². The van der Waals surface area contributed by atoms with Crippen molar-refractivity contribution < 1.29 is 15.0 Å². The lowest BCUT2D eigenvalue weighted by molar-refractivity contribution is -0.127. The predicted octanol–water partition coefficient (Wildman–Crippen LogP) is 4.06. The highest BCUT2D eigenvalue weighted by molar-refractivity contribution is 5.87. The third kappa shape index (κ3) is 14.7. The van der Waals surface area contributed by atoms with E-state index in [1.54, 1.807) is 6.08 Å². The molecule has 0 bridgehead atoms. The molecular weight excluding hydrogens is 302 g/mol. The molecule has 4 heteroatoms. The molecule has 0 atom stereocenters. The summed E-state index contributed by atoms with van der Waals surface area (Å²) in [6.07, 6.45) is 19.0. The molecule has 142 valence electrons. The number of unbranched alkanes of at least 4 members (excludes halogenated alkanes) is 11. The van der Waals surface area contributed by atoms with Gasteiger partial charge in [0.05, 0.1) is 13.2 Å². The van der Waals surface area contributed by atoms with Gasteiger partial charge in [-0.3, -0.25) is 4.79 Å². The molecule has 0 aromatic carbocycles. The number of rotatable bonds is 17. The molecule has 0 aromatic heterocycles. The number of allylic oxidation sites excluding steroid dienone is 1. The summed E-state index contributed by atoms with van der Waals surface area (Å²) in [4.78, 5) is 13.3. The van der Waals surface area contributed by atoms with E-state index in [-0.39, 0.29) is 32.2 Å². The predicted molar refractivity (Wildman–Crippen MR) is 101 cm³/mol. The van der Waals surface area contributed by atoms with Crippen molar-refractivity contribution in [2.45, 2.75) is 84.0 Å². The minimum atomic E-state index is -0.124. The van der Waals surface area contributed by atoms with Crippen LogP contribution in [0.25, 0.3) is 0 Å². The van der Waals surface area contributed by atoms with Crippen LogP contribution in [0.1, 0.15) is 84.0 Å². The van der Waals surface area contributed by atoms with Crippen LogP contribution in [-0.2, 0) is 4.79 Å². The lowest BCUT2D eigenvalue weighted by Crippen LogP contribution is -2.34. The van der Waals surface area contributed by atoms with E-state index in [2.05, 4.69) is 6.92 Å². The Hall–Kier alpha value is -0.870. The normalized spacial score (nSPS) is 11.3. The van der Waals surface area contributed by atoms with E-state index >= 15 is 0 Å². The molecule has 0 spiro atoms. The van der Waals surface area contributed by atoms with Gasteiger partial charge in [0, 0.05) is 13.1 Å². The summed E-state index contributed by atoms with van der Waals surface area (Å²) in [5.41, 5.74) is 0. The highest BCUT2D eigenvalue weighted by Gasteiger charge is 2.08. The van der Waals surface area contributed by atoms with E-state index in [0.717, 1.165) is 12.8 Å². The van der Waals surface area contributed by atoms with Crippen LogP contribution in [0.5, 0.6) is 0 Å². The first-order valence-electron chi connectivity index (χ1n) is 9.93. The summed E-state index contributed by atoms with van der Waals surface area (Å²) in [5, 5.41) is 17.8. The molecule has 0 heterocycles. The average molecular weight is 342 g/mol. The summed E-state index contributed by atoms with van der Waals surface area (Å²) in [6.45, 7) is 2.67. The first kappa shape index (κ1) is 23.1. The van der Waals surface area contributed by atoms with Crippen molar-refractivity contribution >= 4 is 5.91 Å². The Morgan fingerprint density at radius 2 is 1.25 bits per heavy atom. The summed E-state index contributed by atoms with van der Waals surface area (Å²) >= 11 is 0. The van der Waals surface area contributed by atoms with Crippen molar-refractivity contribution in [3.63, 3.8) is 0 Å². The molecule has 0 unspecified atom stereocenters. The summed E-state index contributed by atoms with van der Waals surface area (Å²) < 4.78 is 0. The summed E-state index contributed by atoms with van der Waals surface area (Å²) in [6, 6.07) is 0. The summed E-state index contributed by atoms with van der Waals surface area (Å²) in [7, 11) is 0. The minimum Gasteiger partial charge on any atom is -0.395 e. The van der Waals surface area contributed by atoms with Crippen LogP contribution in [0.3, 0.4) is 0 Å². The lowest BCUT2D eigenvalue weighted by atomic mass is 10.1. The van der Waals surface area contributed by atoms with E-state index in [1.807, 2.05) is 6.08 Å². The maximum atomic E-state index is 11.8. The largest absolute Gasteiger partial charge is 0.395 e. The standard InChI is InChI=1S/C20H39NO3/c1-2-3-4-5-6-7-8-9-10-11-12-13-14-15-20(24)21(16-18-22)17-19-23/h14-15,22-23H,2-13,16-19H2,1H3. The van der Waals surface area contributed by atoms with E-state index in [1.165, 1.54) is 69.1 Å². The highest BCUT2D eigenvalue weighted by Crippen LogP contribution is 2.12. The Morgan fingerprint density at radius 3 is 1.71 bits per heavy atom. The fourth-order valence-electron chi connectivity index (χ4n) is 2.79. The SMILES string of the molecule is CCCCCCCCCCCCCC=CC(=O)N(CCO)CCO. The molecule has 0 radical (unpaired) electrons. The topological polar surface area (TPSA) is 60.8 Å². The highest BCUT2D eigenvalue weighted by atomic mass is 16.3. The number of carbonyl (C=O) groups excluding carboxylic acids is 1. The second kappa shape index (κ2) is 18.5. The second-order valence-electron chi connectivity index (χ2n) is 6.50. The molecule has 0 aliphatic rings. The molecule has 1 amide bonds. The number of hydrogen-bond acceptors (Lipinski definition) is 3. The monoisotopic (exact) mass is 341 g/mol. The van der Waals surface area contributed by atoms with Crippen LogP contribution in [0.15, 0.2) is 12.2 Å². The molecule has 0 fully saturated rings. The molecule has 0 aliphatic heterocycles. The molecule has 4 nitrogen and oxygen atoms in total. The van der Waals surface area contributed by atoms with Crippen LogP contribution < -0.4 is 0 Å². The van der Waals surface area contributed by atoms with Crippen LogP contribution >= 0.6 is 0 Å². The van der Waals surface area contributed by atoms with Crippen molar-refractivity contribution in [3.05, 3.63) is 12.2 Å². The molecule has 24 heavy (non-hydrogen) atoms. The number of nitrogens with zero attached hydrogens (tertiary/aromatic N) is 1. The van der Waals surface area contributed by atoms with Crippen molar-refractivity contribution in [1.82, 2.24) is 4.90 Å². The lowest BCUT2D eigenvalue weighted by Gasteiger charge is -2.18. The molecule has 0 saturated carbocycles. The van der Waals surface area contributed by atoms with Gasteiger partial charge >= 0.3 is 0 Å². The van der Waals surface area contributed by atoms with Gasteiger partial charge in [-0.2, -0.15) is 0 Å². The first-order valence-corrected chi connectivity index (χ1v) is 9.93. The van der Waals surface area contributed by atoms with Gasteiger partial charge in [0.15, 0.2) is 0 Å². The van der Waals surface area contributed by atoms with E-state index < -0.39 is 0 Å². The molecule has 0 aliphatic carbocycles. The quantitative estimate of drug-likeness (QED) is 0.310. The molecular formula is C20H39NO3. The van der Waals surface area contributed by atoms with Gasteiger partial charge < -0.3 is 15.1 Å². The third-order valence-corrected chi connectivity index (χ3v) is 4.29. The van der Waals surface area contributed by atoms with Crippen LogP contribution in [0.4, 0.5) is 0 Å². The zero-order valence-electron chi connectivity index (χ0n) is 15.7. The van der Waals surface area contributed by atoms with Gasteiger partial charge in [-0.1, -0.05) is 77.2 Å². The van der Waals surface area contributed by atoms with Crippen LogP contribution in [0, 0.1) is 0 Å². The molecule has 0 rings (SSSR count). The number of carbonyl (C=O) groups is 1. The number of hydrogen-bond donors (Lipinski definition) is 2. The molecule has 0 aromatic rings. The minimum absolute atomic E-state index is 0.0712. The third-order valence-electron chi connectivity index (χ3n) is 4.29. The van der Waals surface area contributed by atoms with Crippen LogP contribution in [-0.4, -0.2) is 47.3 Å². The van der Waals surface area contributed by atoms with Gasteiger partial charge in [-0.15, -0.1) is 0 Å². The average Bonchev–Trinajstić information content (AvgIpc) is 2.58. The Morgan fingerprint density at radius 1 is 0.792 bits per heavy atom. The van der Waals surface area contributed by atoms with Gasteiger partial charge in [0.25, 0.3) is 0 Å². The molecule has 0 saturated heterocycles. The molecule has 2 N–H and O–H groups in total. The van der Waals surface area contributed by atoms with E-state index in [0.29, 0.717) is 0 Å². The van der Waals surface area contributed by atoms with Gasteiger partial charge in [-0.25, -0.2) is 0 Å². The van der Waals surface area contributed by atoms with E-state index in [4.69, 9.17) is 10.2 Å². The smallest absolute Gasteiger partial charge is 0.246 e. The maximum Gasteiger partial charge on any atom is 0.246 e. The van der Waals surface area contributed by atoms with Crippen molar-refractivity contribution in [1.29, 1.82) is 0 Å².